The molecule has 0 saturated heterocycles. The van der Waals surface area contributed by atoms with Gasteiger partial charge in [-0.1, -0.05) is 6.92 Å². The lowest BCUT2D eigenvalue weighted by Crippen LogP contribution is -2.07. The number of ether oxygens (including phenoxy) is 1. The molecule has 1 atom stereocenters. The summed E-state index contributed by atoms with van der Waals surface area (Å²) in [5.41, 5.74) is 7.23. The third kappa shape index (κ3) is 2.69. The fourth-order valence-corrected chi connectivity index (χ4v) is 1.81. The van der Waals surface area contributed by atoms with E-state index >= 15 is 0 Å². The van der Waals surface area contributed by atoms with Gasteiger partial charge < -0.3 is 10.5 Å². The monoisotopic (exact) mass is 211 g/mol. The first-order chi connectivity index (χ1) is 7.10. The zero-order valence-corrected chi connectivity index (χ0v) is 9.51. The lowest BCUT2D eigenvalue weighted by molar-refractivity contribution is 0.400. The van der Waals surface area contributed by atoms with Crippen molar-refractivity contribution in [2.75, 3.05) is 13.7 Å². The van der Waals surface area contributed by atoms with Gasteiger partial charge in [0, 0.05) is 5.56 Å². The van der Waals surface area contributed by atoms with Gasteiger partial charge in [0.2, 0.25) is 0 Å². The maximum atomic E-state index is 13.3. The molecular formula is C12H18FNO. The maximum absolute atomic E-state index is 13.3. The summed E-state index contributed by atoms with van der Waals surface area (Å²) < 4.78 is 18.5. The van der Waals surface area contributed by atoms with Crippen LogP contribution in [0.5, 0.6) is 5.75 Å². The Morgan fingerprint density at radius 1 is 1.47 bits per heavy atom. The number of aryl methyl sites for hydroxylation is 1. The second-order valence-corrected chi connectivity index (χ2v) is 3.82. The van der Waals surface area contributed by atoms with Gasteiger partial charge in [0.15, 0.2) is 0 Å². The van der Waals surface area contributed by atoms with Crippen LogP contribution in [0.4, 0.5) is 4.39 Å². The molecule has 0 saturated carbocycles. The van der Waals surface area contributed by atoms with E-state index in [1.54, 1.807) is 7.11 Å². The van der Waals surface area contributed by atoms with Crippen LogP contribution >= 0.6 is 0 Å². The molecule has 0 aliphatic carbocycles. The van der Waals surface area contributed by atoms with Gasteiger partial charge in [-0.05, 0) is 43.5 Å². The zero-order chi connectivity index (χ0) is 11.4. The summed E-state index contributed by atoms with van der Waals surface area (Å²) in [6.07, 6.45) is 0.833. The zero-order valence-electron chi connectivity index (χ0n) is 9.51. The molecule has 15 heavy (non-hydrogen) atoms. The highest BCUT2D eigenvalue weighted by atomic mass is 19.1. The number of halogens is 1. The molecule has 1 aromatic carbocycles. The number of hydrogen-bond acceptors (Lipinski definition) is 2. The van der Waals surface area contributed by atoms with Crippen LogP contribution in [0, 0.1) is 12.7 Å². The molecule has 3 heteroatoms. The molecule has 0 aliphatic rings. The molecule has 1 rings (SSSR count). The van der Waals surface area contributed by atoms with Crippen molar-refractivity contribution in [1.29, 1.82) is 0 Å². The van der Waals surface area contributed by atoms with Crippen molar-refractivity contribution in [3.05, 3.63) is 29.1 Å². The van der Waals surface area contributed by atoms with Crippen LogP contribution in [0.25, 0.3) is 0 Å². The first kappa shape index (κ1) is 12.0. The molecule has 0 fully saturated rings. The summed E-state index contributed by atoms with van der Waals surface area (Å²) in [6, 6.07) is 3.02. The Balaban J connectivity index is 3.13. The minimum atomic E-state index is -0.216. The molecule has 84 valence electrons. The number of benzene rings is 1. The quantitative estimate of drug-likeness (QED) is 0.830. The largest absolute Gasteiger partial charge is 0.496 e. The van der Waals surface area contributed by atoms with Crippen LogP contribution in [0.15, 0.2) is 12.1 Å². The molecule has 0 radical (unpaired) electrons. The first-order valence-corrected chi connectivity index (χ1v) is 5.14. The summed E-state index contributed by atoms with van der Waals surface area (Å²) in [4.78, 5) is 0. The van der Waals surface area contributed by atoms with Gasteiger partial charge in [0.1, 0.15) is 11.6 Å². The summed E-state index contributed by atoms with van der Waals surface area (Å²) in [6.45, 7) is 4.48. The van der Waals surface area contributed by atoms with Gasteiger partial charge in [0.05, 0.1) is 7.11 Å². The molecule has 0 amide bonds. The van der Waals surface area contributed by atoms with Crippen molar-refractivity contribution in [1.82, 2.24) is 0 Å². The smallest absolute Gasteiger partial charge is 0.125 e. The average molecular weight is 211 g/mol. The Bertz CT molecular complexity index is 339. The van der Waals surface area contributed by atoms with Crippen molar-refractivity contribution < 1.29 is 9.13 Å². The van der Waals surface area contributed by atoms with E-state index in [1.165, 1.54) is 12.1 Å². The van der Waals surface area contributed by atoms with Crippen LogP contribution in [0.1, 0.15) is 30.4 Å². The Labute approximate surface area is 90.2 Å². The molecule has 2 N–H and O–H groups in total. The fraction of sp³-hybridized carbons (Fsp3) is 0.500. The SMILES string of the molecule is COc1c(C)cc(F)cc1C(C)CCN. The molecular weight excluding hydrogens is 193 g/mol. The molecule has 0 spiro atoms. The molecule has 0 aliphatic heterocycles. The van der Waals surface area contributed by atoms with Crippen molar-refractivity contribution in [3.63, 3.8) is 0 Å². The van der Waals surface area contributed by atoms with E-state index in [4.69, 9.17) is 10.5 Å². The number of hydrogen-bond donors (Lipinski definition) is 1. The van der Waals surface area contributed by atoms with E-state index in [9.17, 15) is 4.39 Å². The molecule has 0 bridgehead atoms. The Hall–Kier alpha value is -1.09. The maximum Gasteiger partial charge on any atom is 0.125 e. The summed E-state index contributed by atoms with van der Waals surface area (Å²) >= 11 is 0. The minimum absolute atomic E-state index is 0.216. The average Bonchev–Trinajstić information content (AvgIpc) is 2.17. The van der Waals surface area contributed by atoms with Crippen LogP contribution in [-0.2, 0) is 0 Å². The highest BCUT2D eigenvalue weighted by molar-refractivity contribution is 5.43. The lowest BCUT2D eigenvalue weighted by Gasteiger charge is -2.17. The summed E-state index contributed by atoms with van der Waals surface area (Å²) in [5.74, 6) is 0.781. The third-order valence-corrected chi connectivity index (χ3v) is 2.60. The number of rotatable bonds is 4. The predicted molar refractivity (Wildman–Crippen MR) is 59.8 cm³/mol. The van der Waals surface area contributed by atoms with Crippen molar-refractivity contribution in [2.45, 2.75) is 26.2 Å². The predicted octanol–water partition coefficient (Wildman–Crippen LogP) is 2.60. The van der Waals surface area contributed by atoms with Crippen LogP contribution < -0.4 is 10.5 Å². The second kappa shape index (κ2) is 5.12. The van der Waals surface area contributed by atoms with E-state index < -0.39 is 0 Å². The molecule has 1 aromatic rings. The van der Waals surface area contributed by atoms with Crippen molar-refractivity contribution >= 4 is 0 Å². The standard InChI is InChI=1S/C12H18FNO/c1-8(4-5-14)11-7-10(13)6-9(2)12(11)15-3/h6-8H,4-5,14H2,1-3H3. The Kier molecular flexibility index (Phi) is 4.09. The normalized spacial score (nSPS) is 12.6. The van der Waals surface area contributed by atoms with E-state index in [0.717, 1.165) is 23.3 Å². The van der Waals surface area contributed by atoms with Gasteiger partial charge in [-0.15, -0.1) is 0 Å². The van der Waals surface area contributed by atoms with Crippen LogP contribution in [0.2, 0.25) is 0 Å². The van der Waals surface area contributed by atoms with Crippen molar-refractivity contribution in [2.24, 2.45) is 5.73 Å². The molecule has 2 nitrogen and oxygen atoms in total. The highest BCUT2D eigenvalue weighted by Crippen LogP contribution is 2.32. The van der Waals surface area contributed by atoms with Gasteiger partial charge in [-0.25, -0.2) is 4.39 Å². The number of methoxy groups -OCH3 is 1. The van der Waals surface area contributed by atoms with Gasteiger partial charge in [-0.3, -0.25) is 0 Å². The lowest BCUT2D eigenvalue weighted by atomic mass is 9.95. The third-order valence-electron chi connectivity index (χ3n) is 2.60. The van der Waals surface area contributed by atoms with E-state index in [0.29, 0.717) is 6.54 Å². The van der Waals surface area contributed by atoms with Crippen LogP contribution in [0.3, 0.4) is 0 Å². The summed E-state index contributed by atoms with van der Waals surface area (Å²) in [7, 11) is 1.61. The molecule has 1 unspecified atom stereocenters. The van der Waals surface area contributed by atoms with Crippen LogP contribution in [-0.4, -0.2) is 13.7 Å². The fourth-order valence-electron chi connectivity index (χ4n) is 1.81. The second-order valence-electron chi connectivity index (χ2n) is 3.82. The Morgan fingerprint density at radius 3 is 2.67 bits per heavy atom. The molecule has 0 aromatic heterocycles. The van der Waals surface area contributed by atoms with Crippen molar-refractivity contribution in [3.8, 4) is 5.75 Å². The minimum Gasteiger partial charge on any atom is -0.496 e. The number of nitrogens with two attached hydrogens (primary N) is 1. The first-order valence-electron chi connectivity index (χ1n) is 5.14. The van der Waals surface area contributed by atoms with E-state index in [-0.39, 0.29) is 11.7 Å². The topological polar surface area (TPSA) is 35.2 Å². The Morgan fingerprint density at radius 2 is 2.13 bits per heavy atom. The summed E-state index contributed by atoms with van der Waals surface area (Å²) in [5, 5.41) is 0. The van der Waals surface area contributed by atoms with E-state index in [2.05, 4.69) is 0 Å². The van der Waals surface area contributed by atoms with E-state index in [1.807, 2.05) is 13.8 Å². The van der Waals surface area contributed by atoms with Gasteiger partial charge in [-0.2, -0.15) is 0 Å². The molecule has 0 heterocycles. The van der Waals surface area contributed by atoms with Gasteiger partial charge >= 0.3 is 0 Å². The highest BCUT2D eigenvalue weighted by Gasteiger charge is 2.14. The van der Waals surface area contributed by atoms with Gasteiger partial charge in [0.25, 0.3) is 0 Å².